The molecule has 3 heteroatoms. The number of hydrogen-bond acceptors (Lipinski definition) is 3. The van der Waals surface area contributed by atoms with Crippen LogP contribution in [0.1, 0.15) is 37.9 Å². The third-order valence-corrected chi connectivity index (χ3v) is 4.01. The van der Waals surface area contributed by atoms with Crippen LogP contribution in [0.25, 0.3) is 0 Å². The molecule has 1 aromatic rings. The van der Waals surface area contributed by atoms with Crippen LogP contribution in [0.2, 0.25) is 0 Å². The molecule has 1 saturated heterocycles. The minimum absolute atomic E-state index is 0.0505. The molecule has 106 valence electrons. The zero-order valence-corrected chi connectivity index (χ0v) is 12.5. The number of nitrogens with two attached hydrogens (primary N) is 1. The number of rotatable bonds is 3. The molecular weight excluding hydrogens is 236 g/mol. The molecule has 2 atom stereocenters. The highest BCUT2D eigenvalue weighted by molar-refractivity contribution is 5.24. The van der Waals surface area contributed by atoms with Crippen molar-refractivity contribution in [2.75, 3.05) is 19.7 Å². The van der Waals surface area contributed by atoms with Gasteiger partial charge in [0.15, 0.2) is 0 Å². The van der Waals surface area contributed by atoms with Gasteiger partial charge in [0.2, 0.25) is 0 Å². The van der Waals surface area contributed by atoms with Crippen LogP contribution in [0.5, 0.6) is 0 Å². The number of nitrogens with zero attached hydrogens (tertiary/aromatic N) is 1. The molecule has 1 aliphatic rings. The van der Waals surface area contributed by atoms with Gasteiger partial charge in [-0.2, -0.15) is 0 Å². The third kappa shape index (κ3) is 3.56. The quantitative estimate of drug-likeness (QED) is 0.909. The molecule has 1 aromatic carbocycles. The van der Waals surface area contributed by atoms with E-state index in [1.54, 1.807) is 0 Å². The Bertz CT molecular complexity index is 413. The molecule has 3 nitrogen and oxygen atoms in total. The summed E-state index contributed by atoms with van der Waals surface area (Å²) in [4.78, 5) is 2.44. The van der Waals surface area contributed by atoms with Gasteiger partial charge in [0, 0.05) is 25.2 Å². The van der Waals surface area contributed by atoms with Crippen LogP contribution < -0.4 is 5.73 Å². The molecule has 0 spiro atoms. The number of hydrogen-bond donors (Lipinski definition) is 1. The molecule has 2 unspecified atom stereocenters. The summed E-state index contributed by atoms with van der Waals surface area (Å²) in [5, 5.41) is 0. The summed E-state index contributed by atoms with van der Waals surface area (Å²) in [5.41, 5.74) is 8.84. The summed E-state index contributed by atoms with van der Waals surface area (Å²) in [5.74, 6) is 0. The van der Waals surface area contributed by atoms with Crippen molar-refractivity contribution in [1.82, 2.24) is 4.90 Å². The predicted octanol–water partition coefficient (Wildman–Crippen LogP) is 2.49. The number of benzene rings is 1. The fraction of sp³-hybridized carbons (Fsp3) is 0.625. The molecule has 0 aromatic heterocycles. The van der Waals surface area contributed by atoms with E-state index in [0.29, 0.717) is 6.04 Å². The van der Waals surface area contributed by atoms with Crippen LogP contribution in [0, 0.1) is 6.92 Å². The lowest BCUT2D eigenvalue weighted by molar-refractivity contribution is -0.0975. The van der Waals surface area contributed by atoms with Crippen LogP contribution in [0.15, 0.2) is 24.3 Å². The second-order valence-electron chi connectivity index (χ2n) is 6.26. The molecule has 0 bridgehead atoms. The predicted molar refractivity (Wildman–Crippen MR) is 79.2 cm³/mol. The molecule has 0 aliphatic carbocycles. The van der Waals surface area contributed by atoms with E-state index in [2.05, 4.69) is 56.9 Å². The molecule has 2 rings (SSSR count). The van der Waals surface area contributed by atoms with E-state index in [4.69, 9.17) is 10.5 Å². The summed E-state index contributed by atoms with van der Waals surface area (Å²) < 4.78 is 5.76. The molecule has 0 amide bonds. The molecule has 1 fully saturated rings. The van der Waals surface area contributed by atoms with E-state index >= 15 is 0 Å². The Kier molecular flexibility index (Phi) is 4.29. The van der Waals surface area contributed by atoms with Gasteiger partial charge < -0.3 is 10.5 Å². The Morgan fingerprint density at radius 2 is 1.89 bits per heavy atom. The number of aryl methyl sites for hydroxylation is 1. The molecule has 0 saturated carbocycles. The van der Waals surface area contributed by atoms with Gasteiger partial charge in [-0.05, 0) is 33.3 Å². The van der Waals surface area contributed by atoms with E-state index in [1.807, 2.05) is 0 Å². The Hall–Kier alpha value is -0.900. The molecule has 0 radical (unpaired) electrons. The van der Waals surface area contributed by atoms with Crippen molar-refractivity contribution in [3.05, 3.63) is 35.4 Å². The van der Waals surface area contributed by atoms with Crippen molar-refractivity contribution in [3.8, 4) is 0 Å². The van der Waals surface area contributed by atoms with Crippen molar-refractivity contribution in [2.45, 2.75) is 45.4 Å². The Morgan fingerprint density at radius 1 is 1.26 bits per heavy atom. The van der Waals surface area contributed by atoms with Crippen LogP contribution in [-0.4, -0.2) is 36.2 Å². The highest BCUT2D eigenvalue weighted by atomic mass is 16.5. The fourth-order valence-corrected chi connectivity index (χ4v) is 2.69. The lowest BCUT2D eigenvalue weighted by Gasteiger charge is -2.42. The van der Waals surface area contributed by atoms with Gasteiger partial charge in [0.05, 0.1) is 12.2 Å². The van der Waals surface area contributed by atoms with E-state index in [-0.39, 0.29) is 11.6 Å². The van der Waals surface area contributed by atoms with Gasteiger partial charge in [-0.3, -0.25) is 4.90 Å². The van der Waals surface area contributed by atoms with Crippen LogP contribution in [0.3, 0.4) is 0 Å². The first-order valence-corrected chi connectivity index (χ1v) is 7.09. The van der Waals surface area contributed by atoms with E-state index in [9.17, 15) is 0 Å². The number of morpholine rings is 1. The van der Waals surface area contributed by atoms with Crippen molar-refractivity contribution < 1.29 is 4.74 Å². The van der Waals surface area contributed by atoms with Gasteiger partial charge >= 0.3 is 0 Å². The van der Waals surface area contributed by atoms with Crippen LogP contribution in [-0.2, 0) is 4.74 Å². The molecule has 19 heavy (non-hydrogen) atoms. The second-order valence-corrected chi connectivity index (χ2v) is 6.26. The smallest absolute Gasteiger partial charge is 0.0753 e. The number of ether oxygens (including phenoxy) is 1. The zero-order valence-electron chi connectivity index (χ0n) is 12.5. The normalized spacial score (nSPS) is 23.0. The van der Waals surface area contributed by atoms with Crippen LogP contribution in [0.4, 0.5) is 0 Å². The van der Waals surface area contributed by atoms with Crippen molar-refractivity contribution >= 4 is 0 Å². The van der Waals surface area contributed by atoms with E-state index in [1.165, 1.54) is 11.1 Å². The SMILES string of the molecule is Cc1ccc(C(N)C(C)N2CCOC(C)(C)C2)cc1. The average Bonchev–Trinajstić information content (AvgIpc) is 2.37. The van der Waals surface area contributed by atoms with Crippen molar-refractivity contribution in [1.29, 1.82) is 0 Å². The molecule has 1 heterocycles. The standard InChI is InChI=1S/C16H26N2O/c1-12-5-7-14(8-6-12)15(17)13(2)18-9-10-19-16(3,4)11-18/h5-8,13,15H,9-11,17H2,1-4H3. The van der Waals surface area contributed by atoms with Gasteiger partial charge in [0.1, 0.15) is 0 Å². The maximum atomic E-state index is 6.43. The molecular formula is C16H26N2O. The Balaban J connectivity index is 2.06. The maximum absolute atomic E-state index is 6.43. The van der Waals surface area contributed by atoms with Crippen molar-refractivity contribution in [2.24, 2.45) is 5.73 Å². The van der Waals surface area contributed by atoms with E-state index in [0.717, 1.165) is 19.7 Å². The Labute approximate surface area is 116 Å². The average molecular weight is 262 g/mol. The van der Waals surface area contributed by atoms with Crippen LogP contribution >= 0.6 is 0 Å². The topological polar surface area (TPSA) is 38.5 Å². The minimum Gasteiger partial charge on any atom is -0.373 e. The second kappa shape index (κ2) is 5.61. The highest BCUT2D eigenvalue weighted by Crippen LogP contribution is 2.24. The summed E-state index contributed by atoms with van der Waals surface area (Å²) in [6.07, 6.45) is 0. The van der Waals surface area contributed by atoms with Gasteiger partial charge in [-0.15, -0.1) is 0 Å². The first kappa shape index (κ1) is 14.5. The lowest BCUT2D eigenvalue weighted by Crippen LogP contribution is -2.53. The molecule has 1 aliphatic heterocycles. The first-order chi connectivity index (χ1) is 8.89. The summed E-state index contributed by atoms with van der Waals surface area (Å²) in [7, 11) is 0. The van der Waals surface area contributed by atoms with Gasteiger partial charge in [-0.1, -0.05) is 29.8 Å². The zero-order chi connectivity index (χ0) is 14.0. The van der Waals surface area contributed by atoms with Crippen molar-refractivity contribution in [3.63, 3.8) is 0 Å². The summed E-state index contributed by atoms with van der Waals surface area (Å²) in [6, 6.07) is 8.92. The third-order valence-electron chi connectivity index (χ3n) is 4.01. The Morgan fingerprint density at radius 3 is 2.47 bits per heavy atom. The lowest BCUT2D eigenvalue weighted by atomic mass is 9.97. The maximum Gasteiger partial charge on any atom is 0.0753 e. The highest BCUT2D eigenvalue weighted by Gasteiger charge is 2.32. The minimum atomic E-state index is -0.0699. The summed E-state index contributed by atoms with van der Waals surface area (Å²) >= 11 is 0. The summed E-state index contributed by atoms with van der Waals surface area (Å²) in [6.45, 7) is 11.3. The van der Waals surface area contributed by atoms with E-state index < -0.39 is 0 Å². The fourth-order valence-electron chi connectivity index (χ4n) is 2.69. The van der Waals surface area contributed by atoms with Gasteiger partial charge in [0.25, 0.3) is 0 Å². The first-order valence-electron chi connectivity index (χ1n) is 7.09. The largest absolute Gasteiger partial charge is 0.373 e. The molecule has 2 N–H and O–H groups in total. The monoisotopic (exact) mass is 262 g/mol. The van der Waals surface area contributed by atoms with Gasteiger partial charge in [-0.25, -0.2) is 0 Å².